The molecule has 11 aromatic rings. The Hall–Kier alpha value is -6.16. The highest BCUT2D eigenvalue weighted by Crippen LogP contribution is 2.48. The van der Waals surface area contributed by atoms with Crippen molar-refractivity contribution in [3.05, 3.63) is 158 Å². The molecule has 0 radical (unpaired) electrons. The van der Waals surface area contributed by atoms with Crippen LogP contribution in [0.1, 0.15) is 0 Å². The van der Waals surface area contributed by atoms with Crippen LogP contribution >= 0.6 is 11.3 Å². The molecular weight excluding hydrogens is 617 g/mol. The van der Waals surface area contributed by atoms with Crippen molar-refractivity contribution in [3.8, 4) is 33.4 Å². The van der Waals surface area contributed by atoms with E-state index in [1.165, 1.54) is 58.4 Å². The Labute approximate surface area is 285 Å². The van der Waals surface area contributed by atoms with Gasteiger partial charge in [-0.1, -0.05) is 121 Å². The summed E-state index contributed by atoms with van der Waals surface area (Å²) in [6, 6.07) is 54.5. The summed E-state index contributed by atoms with van der Waals surface area (Å²) in [5.74, 6) is 0. The summed E-state index contributed by atoms with van der Waals surface area (Å²) in [5.41, 5.74) is 9.68. The Morgan fingerprint density at radius 1 is 0.408 bits per heavy atom. The summed E-state index contributed by atoms with van der Waals surface area (Å²) < 4.78 is 15.5. The second-order valence-electron chi connectivity index (χ2n) is 12.8. The van der Waals surface area contributed by atoms with Crippen molar-refractivity contribution >= 4 is 86.0 Å². The van der Waals surface area contributed by atoms with E-state index in [0.29, 0.717) is 0 Å². The molecule has 0 bridgehead atoms. The minimum atomic E-state index is 0.829. The van der Waals surface area contributed by atoms with E-state index >= 15 is 0 Å². The molecule has 2 nitrogen and oxygen atoms in total. The first kappa shape index (κ1) is 26.9. The van der Waals surface area contributed by atoms with Gasteiger partial charge in [-0.3, -0.25) is 0 Å². The maximum atomic E-state index is 6.57. The van der Waals surface area contributed by atoms with Crippen molar-refractivity contribution in [2.24, 2.45) is 0 Å². The molecule has 3 heterocycles. The molecule has 0 saturated heterocycles. The van der Waals surface area contributed by atoms with E-state index in [0.717, 1.165) is 49.6 Å². The Kier molecular flexibility index (Phi) is 5.57. The molecule has 228 valence electrons. The lowest BCUT2D eigenvalue weighted by Gasteiger charge is -2.18. The molecule has 3 aromatic heterocycles. The topological polar surface area (TPSA) is 26.3 Å². The molecule has 11 rings (SSSR count). The lowest BCUT2D eigenvalue weighted by molar-refractivity contribution is 0.619. The number of rotatable bonds is 3. The summed E-state index contributed by atoms with van der Waals surface area (Å²) >= 11 is 1.88. The van der Waals surface area contributed by atoms with E-state index in [1.54, 1.807) is 0 Å². The fraction of sp³-hybridized carbons (Fsp3) is 0. The van der Waals surface area contributed by atoms with Crippen molar-refractivity contribution < 1.29 is 8.83 Å². The van der Waals surface area contributed by atoms with Gasteiger partial charge in [-0.05, 0) is 74.1 Å². The summed E-state index contributed by atoms with van der Waals surface area (Å²) in [6.45, 7) is 0. The van der Waals surface area contributed by atoms with Crippen molar-refractivity contribution in [1.29, 1.82) is 0 Å². The fourth-order valence-corrected chi connectivity index (χ4v) is 9.25. The molecule has 0 amide bonds. The molecule has 0 aliphatic rings. The Morgan fingerprint density at radius 2 is 1.06 bits per heavy atom. The van der Waals surface area contributed by atoms with Crippen LogP contribution in [0.2, 0.25) is 0 Å². The smallest absolute Gasteiger partial charge is 0.146 e. The third-order valence-electron chi connectivity index (χ3n) is 10.2. The van der Waals surface area contributed by atoms with Crippen molar-refractivity contribution in [1.82, 2.24) is 0 Å². The first-order valence-corrected chi connectivity index (χ1v) is 17.4. The first-order valence-electron chi connectivity index (χ1n) is 16.6. The average Bonchev–Trinajstić information content (AvgIpc) is 3.87. The fourth-order valence-electron chi connectivity index (χ4n) is 8.02. The molecule has 0 aliphatic heterocycles. The minimum absolute atomic E-state index is 0.829. The van der Waals surface area contributed by atoms with Gasteiger partial charge in [-0.15, -0.1) is 11.3 Å². The quantitative estimate of drug-likeness (QED) is 0.179. The van der Waals surface area contributed by atoms with Crippen molar-refractivity contribution in [2.45, 2.75) is 0 Å². The highest BCUT2D eigenvalue weighted by Gasteiger charge is 2.21. The summed E-state index contributed by atoms with van der Waals surface area (Å²) in [4.78, 5) is 0. The van der Waals surface area contributed by atoms with Crippen LogP contribution in [0.5, 0.6) is 0 Å². The molecule has 0 aliphatic carbocycles. The van der Waals surface area contributed by atoms with E-state index in [-0.39, 0.29) is 0 Å². The van der Waals surface area contributed by atoms with Crippen LogP contribution in [0.4, 0.5) is 0 Å². The average molecular weight is 643 g/mol. The Morgan fingerprint density at radius 3 is 1.84 bits per heavy atom. The molecule has 0 unspecified atom stereocenters. The number of hydrogen-bond donors (Lipinski definition) is 0. The summed E-state index contributed by atoms with van der Waals surface area (Å²) in [6.07, 6.45) is 1.87. The second-order valence-corrected chi connectivity index (χ2v) is 13.8. The third kappa shape index (κ3) is 3.82. The van der Waals surface area contributed by atoms with Gasteiger partial charge in [0.05, 0.1) is 11.6 Å². The zero-order valence-electron chi connectivity index (χ0n) is 26.2. The van der Waals surface area contributed by atoms with Crippen LogP contribution in [0.25, 0.3) is 108 Å². The van der Waals surface area contributed by atoms with Crippen LogP contribution in [0.15, 0.2) is 167 Å². The number of furan rings is 2. The summed E-state index contributed by atoms with van der Waals surface area (Å²) in [7, 11) is 0. The van der Waals surface area contributed by atoms with Gasteiger partial charge in [-0.25, -0.2) is 0 Å². The van der Waals surface area contributed by atoms with E-state index in [2.05, 4.69) is 146 Å². The molecule has 0 atom stereocenters. The largest absolute Gasteiger partial charge is 0.463 e. The van der Waals surface area contributed by atoms with Crippen LogP contribution < -0.4 is 0 Å². The zero-order valence-corrected chi connectivity index (χ0v) is 27.1. The first-order chi connectivity index (χ1) is 24.3. The van der Waals surface area contributed by atoms with Gasteiger partial charge in [0.15, 0.2) is 0 Å². The zero-order chi connectivity index (χ0) is 32.1. The van der Waals surface area contributed by atoms with Crippen LogP contribution in [-0.2, 0) is 0 Å². The highest BCUT2D eigenvalue weighted by atomic mass is 32.1. The highest BCUT2D eigenvalue weighted by molar-refractivity contribution is 7.26. The molecule has 0 fully saturated rings. The number of hydrogen-bond acceptors (Lipinski definition) is 3. The van der Waals surface area contributed by atoms with E-state index < -0.39 is 0 Å². The number of fused-ring (bicyclic) bond motifs is 10. The van der Waals surface area contributed by atoms with E-state index in [1.807, 2.05) is 23.7 Å². The lowest BCUT2D eigenvalue weighted by atomic mass is 9.85. The minimum Gasteiger partial charge on any atom is -0.463 e. The van der Waals surface area contributed by atoms with Gasteiger partial charge >= 0.3 is 0 Å². The molecule has 8 aromatic carbocycles. The van der Waals surface area contributed by atoms with Gasteiger partial charge in [0.2, 0.25) is 0 Å². The van der Waals surface area contributed by atoms with Crippen molar-refractivity contribution in [2.75, 3.05) is 0 Å². The molecular formula is C46H26O2S. The van der Waals surface area contributed by atoms with Gasteiger partial charge < -0.3 is 8.83 Å². The maximum Gasteiger partial charge on any atom is 0.146 e. The SMILES string of the molecule is c1ccc(-c2coc3c2ccc2oc4cc(-c5c6ccccc6c(-c6cccc7c6sc6ccccc67)c6ccccc56)ccc4c23)cc1. The molecule has 0 spiro atoms. The summed E-state index contributed by atoms with van der Waals surface area (Å²) in [5, 5.41) is 10.7. The van der Waals surface area contributed by atoms with Crippen LogP contribution in [0, 0.1) is 0 Å². The van der Waals surface area contributed by atoms with Crippen LogP contribution in [0.3, 0.4) is 0 Å². The van der Waals surface area contributed by atoms with Crippen molar-refractivity contribution in [3.63, 3.8) is 0 Å². The van der Waals surface area contributed by atoms with Gasteiger partial charge in [-0.2, -0.15) is 0 Å². The van der Waals surface area contributed by atoms with Gasteiger partial charge in [0.1, 0.15) is 16.7 Å². The Balaban J connectivity index is 1.17. The normalized spacial score (nSPS) is 12.1. The van der Waals surface area contributed by atoms with E-state index in [9.17, 15) is 0 Å². The monoisotopic (exact) mass is 642 g/mol. The predicted molar refractivity (Wildman–Crippen MR) is 208 cm³/mol. The third-order valence-corrected chi connectivity index (χ3v) is 11.4. The maximum absolute atomic E-state index is 6.57. The lowest BCUT2D eigenvalue weighted by Crippen LogP contribution is -1.91. The number of thiophene rings is 1. The number of benzene rings is 8. The molecule has 3 heteroatoms. The second kappa shape index (κ2) is 10.2. The Bertz CT molecular complexity index is 3050. The van der Waals surface area contributed by atoms with E-state index in [4.69, 9.17) is 8.83 Å². The molecule has 49 heavy (non-hydrogen) atoms. The molecule has 0 N–H and O–H groups in total. The standard InChI is InChI=1S/C46H26O2S/c1-2-11-27(12-3-1)38-26-47-45-34(38)23-24-39-44(45)36-22-21-28(25-40(36)48-39)42-30-14-4-6-16-32(30)43(33-17-7-5-15-31(33)42)37-19-10-18-35-29-13-8-9-20-41(29)49-46(35)37/h1-26H. The van der Waals surface area contributed by atoms with Crippen LogP contribution in [-0.4, -0.2) is 0 Å². The molecule has 0 saturated carbocycles. The predicted octanol–water partition coefficient (Wildman–Crippen LogP) is 14.0. The van der Waals surface area contributed by atoms with Gasteiger partial charge in [0.25, 0.3) is 0 Å². The van der Waals surface area contributed by atoms with Gasteiger partial charge in [0, 0.05) is 42.1 Å².